The molecule has 0 fully saturated rings. The minimum atomic E-state index is -1.13. The highest BCUT2D eigenvalue weighted by molar-refractivity contribution is 6.02. The van der Waals surface area contributed by atoms with Crippen molar-refractivity contribution in [1.29, 1.82) is 0 Å². The SMILES string of the molecule is CCN(CC)CCNc1cc2c(c3oc4ccccc4c(=O)c13)C=C([N+](=O)[O-])C(C)(C)O2.Cl. The van der Waals surface area contributed by atoms with Crippen LogP contribution in [0.4, 0.5) is 5.69 Å². The van der Waals surface area contributed by atoms with Crippen molar-refractivity contribution in [3.05, 3.63) is 61.9 Å². The molecule has 1 aliphatic heterocycles. The van der Waals surface area contributed by atoms with Crippen LogP contribution in [0.2, 0.25) is 0 Å². The lowest BCUT2D eigenvalue weighted by atomic mass is 9.96. The first-order chi connectivity index (χ1) is 15.3. The van der Waals surface area contributed by atoms with Crippen LogP contribution in [0.15, 0.2) is 45.2 Å². The summed E-state index contributed by atoms with van der Waals surface area (Å²) in [5.74, 6) is 0.442. The summed E-state index contributed by atoms with van der Waals surface area (Å²) >= 11 is 0. The smallest absolute Gasteiger partial charge is 0.289 e. The molecule has 176 valence electrons. The van der Waals surface area contributed by atoms with Crippen molar-refractivity contribution in [3.63, 3.8) is 0 Å². The molecule has 4 rings (SSSR count). The first-order valence-corrected chi connectivity index (χ1v) is 10.8. The van der Waals surface area contributed by atoms with E-state index in [2.05, 4.69) is 24.1 Å². The van der Waals surface area contributed by atoms with Gasteiger partial charge in [0.2, 0.25) is 5.43 Å². The van der Waals surface area contributed by atoms with Crippen molar-refractivity contribution >= 4 is 46.1 Å². The number of hydrogen-bond donors (Lipinski definition) is 1. The van der Waals surface area contributed by atoms with Crippen molar-refractivity contribution in [3.8, 4) is 5.75 Å². The van der Waals surface area contributed by atoms with Crippen LogP contribution in [-0.4, -0.2) is 41.6 Å². The zero-order valence-corrected chi connectivity index (χ0v) is 20.0. The van der Waals surface area contributed by atoms with Gasteiger partial charge >= 0.3 is 0 Å². The van der Waals surface area contributed by atoms with E-state index in [1.165, 1.54) is 6.08 Å². The molecule has 0 aliphatic carbocycles. The first-order valence-electron chi connectivity index (χ1n) is 10.8. The maximum Gasteiger partial charge on any atom is 0.289 e. The molecule has 0 radical (unpaired) electrons. The topological polar surface area (TPSA) is 97.9 Å². The minimum absolute atomic E-state index is 0. The maximum absolute atomic E-state index is 13.4. The van der Waals surface area contributed by atoms with Gasteiger partial charge in [-0.25, -0.2) is 0 Å². The van der Waals surface area contributed by atoms with Gasteiger partial charge in [-0.15, -0.1) is 12.4 Å². The van der Waals surface area contributed by atoms with Gasteiger partial charge in [0.25, 0.3) is 5.70 Å². The van der Waals surface area contributed by atoms with Gasteiger partial charge in [-0.2, -0.15) is 0 Å². The molecular weight excluding hydrogens is 446 g/mol. The summed E-state index contributed by atoms with van der Waals surface area (Å²) in [5.41, 5.74) is 0.308. The quantitative estimate of drug-likeness (QED) is 0.295. The number of para-hydroxylation sites is 1. The molecule has 8 nitrogen and oxygen atoms in total. The van der Waals surface area contributed by atoms with E-state index in [0.29, 0.717) is 39.9 Å². The second kappa shape index (κ2) is 9.41. The van der Waals surface area contributed by atoms with E-state index in [-0.39, 0.29) is 29.1 Å². The summed E-state index contributed by atoms with van der Waals surface area (Å²) in [6.45, 7) is 10.8. The third-order valence-electron chi connectivity index (χ3n) is 5.95. The van der Waals surface area contributed by atoms with E-state index >= 15 is 0 Å². The summed E-state index contributed by atoms with van der Waals surface area (Å²) in [4.78, 5) is 26.9. The Morgan fingerprint density at radius 2 is 1.88 bits per heavy atom. The molecule has 3 aromatic rings. The molecule has 0 atom stereocenters. The van der Waals surface area contributed by atoms with E-state index in [1.54, 1.807) is 44.2 Å². The molecule has 33 heavy (non-hydrogen) atoms. The van der Waals surface area contributed by atoms with Crippen LogP contribution in [0.1, 0.15) is 33.3 Å². The van der Waals surface area contributed by atoms with Crippen molar-refractivity contribution in [2.75, 3.05) is 31.5 Å². The maximum atomic E-state index is 13.4. The van der Waals surface area contributed by atoms with Crippen molar-refractivity contribution in [2.24, 2.45) is 0 Å². The predicted molar refractivity (Wildman–Crippen MR) is 133 cm³/mol. The van der Waals surface area contributed by atoms with Gasteiger partial charge in [0.05, 0.1) is 26.9 Å². The molecule has 2 aromatic carbocycles. The van der Waals surface area contributed by atoms with Gasteiger partial charge in [0, 0.05) is 25.2 Å². The Bertz CT molecular complexity index is 1290. The molecule has 0 saturated carbocycles. The van der Waals surface area contributed by atoms with Crippen molar-refractivity contribution in [2.45, 2.75) is 33.3 Å². The number of likely N-dealkylation sites (N-methyl/N-ethyl adjacent to an activating group) is 1. The largest absolute Gasteiger partial charge is 0.476 e. The third kappa shape index (κ3) is 4.41. The fourth-order valence-electron chi connectivity index (χ4n) is 4.13. The second-order valence-corrected chi connectivity index (χ2v) is 8.32. The Morgan fingerprint density at radius 3 is 2.55 bits per heavy atom. The normalized spacial score (nSPS) is 14.4. The van der Waals surface area contributed by atoms with Gasteiger partial charge in [0.15, 0.2) is 11.2 Å². The van der Waals surface area contributed by atoms with Crippen LogP contribution in [0, 0.1) is 10.1 Å². The summed E-state index contributed by atoms with van der Waals surface area (Å²) in [6, 6.07) is 8.76. The predicted octanol–water partition coefficient (Wildman–Crippen LogP) is 4.91. The minimum Gasteiger partial charge on any atom is -0.476 e. The molecule has 1 aliphatic rings. The zero-order valence-electron chi connectivity index (χ0n) is 19.1. The van der Waals surface area contributed by atoms with Crippen LogP contribution < -0.4 is 15.5 Å². The second-order valence-electron chi connectivity index (χ2n) is 8.32. The molecule has 1 aromatic heterocycles. The lowest BCUT2D eigenvalue weighted by molar-refractivity contribution is -0.439. The molecule has 2 heterocycles. The standard InChI is InChI=1S/C24H27N3O5.ClH/c1-5-26(6-2)12-11-25-17-14-19-16(13-20(27(29)30)24(3,4)32-19)23-21(17)22(28)15-9-7-8-10-18(15)31-23;/h7-10,13-14,25H,5-6,11-12H2,1-4H3;1H. The molecule has 0 amide bonds. The third-order valence-corrected chi connectivity index (χ3v) is 5.95. The van der Waals surface area contributed by atoms with Gasteiger partial charge in [0.1, 0.15) is 11.3 Å². The van der Waals surface area contributed by atoms with Crippen LogP contribution in [-0.2, 0) is 0 Å². The van der Waals surface area contributed by atoms with Gasteiger partial charge in [-0.05, 0) is 39.1 Å². The van der Waals surface area contributed by atoms with E-state index in [1.807, 2.05) is 0 Å². The Balaban J connectivity index is 0.00000306. The Hall–Kier alpha value is -3.10. The summed E-state index contributed by atoms with van der Waals surface area (Å²) in [5, 5.41) is 15.9. The average molecular weight is 474 g/mol. The van der Waals surface area contributed by atoms with E-state index < -0.39 is 10.5 Å². The first kappa shape index (κ1) is 24.5. The van der Waals surface area contributed by atoms with Crippen LogP contribution in [0.5, 0.6) is 5.75 Å². The lowest BCUT2D eigenvalue weighted by Gasteiger charge is -2.29. The number of anilines is 1. The highest BCUT2D eigenvalue weighted by Crippen LogP contribution is 2.42. The molecule has 0 unspecified atom stereocenters. The summed E-state index contributed by atoms with van der Waals surface area (Å²) in [6.07, 6.45) is 1.46. The number of benzene rings is 2. The Morgan fingerprint density at radius 1 is 1.18 bits per heavy atom. The summed E-state index contributed by atoms with van der Waals surface area (Å²) < 4.78 is 12.2. The fraction of sp³-hybridized carbons (Fsp3) is 0.375. The number of ether oxygens (including phenoxy) is 1. The molecule has 0 bridgehead atoms. The Kier molecular flexibility index (Phi) is 7.00. The number of nitro groups is 1. The monoisotopic (exact) mass is 473 g/mol. The highest BCUT2D eigenvalue weighted by Gasteiger charge is 2.40. The van der Waals surface area contributed by atoms with Crippen molar-refractivity contribution in [1.82, 2.24) is 4.90 Å². The number of nitrogens with zero attached hydrogens (tertiary/aromatic N) is 2. The lowest BCUT2D eigenvalue weighted by Crippen LogP contribution is -2.36. The molecule has 9 heteroatoms. The molecular formula is C24H28ClN3O5. The van der Waals surface area contributed by atoms with E-state index in [4.69, 9.17) is 9.15 Å². The Labute approximate surface area is 197 Å². The molecule has 1 N–H and O–H groups in total. The number of rotatable bonds is 7. The average Bonchev–Trinajstić information content (AvgIpc) is 2.75. The molecule has 0 saturated heterocycles. The van der Waals surface area contributed by atoms with Crippen LogP contribution >= 0.6 is 12.4 Å². The van der Waals surface area contributed by atoms with Crippen molar-refractivity contribution < 1.29 is 14.1 Å². The number of hydrogen-bond acceptors (Lipinski definition) is 7. The van der Waals surface area contributed by atoms with E-state index in [0.717, 1.165) is 19.6 Å². The fourth-order valence-corrected chi connectivity index (χ4v) is 4.13. The van der Waals surface area contributed by atoms with Gasteiger partial charge in [-0.3, -0.25) is 14.9 Å². The van der Waals surface area contributed by atoms with Crippen LogP contribution in [0.25, 0.3) is 28.0 Å². The number of halogens is 1. The zero-order chi connectivity index (χ0) is 23.0. The van der Waals surface area contributed by atoms with E-state index in [9.17, 15) is 14.9 Å². The summed E-state index contributed by atoms with van der Waals surface area (Å²) in [7, 11) is 0. The van der Waals surface area contributed by atoms with Gasteiger partial charge < -0.3 is 19.4 Å². The highest BCUT2D eigenvalue weighted by atomic mass is 35.5. The van der Waals surface area contributed by atoms with Crippen LogP contribution in [0.3, 0.4) is 0 Å². The van der Waals surface area contributed by atoms with Gasteiger partial charge in [-0.1, -0.05) is 26.0 Å². The molecule has 0 spiro atoms. The number of fused-ring (bicyclic) bond motifs is 4. The number of nitrogens with one attached hydrogen (secondary N) is 1.